The first-order valence-corrected chi connectivity index (χ1v) is 7.69. The van der Waals surface area contributed by atoms with E-state index < -0.39 is 24.5 Å². The van der Waals surface area contributed by atoms with Crippen molar-refractivity contribution in [2.75, 3.05) is 39.9 Å². The number of carbonyl (C=O) groups is 1. The summed E-state index contributed by atoms with van der Waals surface area (Å²) >= 11 is 0. The summed E-state index contributed by atoms with van der Waals surface area (Å²) in [5, 5.41) is 12.3. The van der Waals surface area contributed by atoms with Crippen molar-refractivity contribution in [3.05, 3.63) is 23.8 Å². The van der Waals surface area contributed by atoms with Crippen LogP contribution < -0.4 is 14.8 Å². The smallest absolute Gasteiger partial charge is 0.308 e. The Balaban J connectivity index is 0.00000312. The highest BCUT2D eigenvalue weighted by molar-refractivity contribution is 5.85. The lowest BCUT2D eigenvalue weighted by Crippen LogP contribution is -2.51. The van der Waals surface area contributed by atoms with Gasteiger partial charge in [0.15, 0.2) is 11.5 Å². The number of benzene rings is 1. The van der Waals surface area contributed by atoms with Crippen LogP contribution >= 0.6 is 12.4 Å². The summed E-state index contributed by atoms with van der Waals surface area (Å²) in [5.41, 5.74) is 0.295. The van der Waals surface area contributed by atoms with Crippen molar-refractivity contribution in [1.29, 1.82) is 0 Å². The minimum Gasteiger partial charge on any atom is -0.493 e. The lowest BCUT2D eigenvalue weighted by Gasteiger charge is -2.38. The zero-order valence-electron chi connectivity index (χ0n) is 14.1. The number of carbonyl (C=O) groups excluding carboxylic acids is 1. The number of hydrogen-bond donors (Lipinski definition) is 2. The largest absolute Gasteiger partial charge is 0.493 e. The Morgan fingerprint density at radius 1 is 1.36 bits per heavy atom. The van der Waals surface area contributed by atoms with Crippen molar-refractivity contribution in [2.45, 2.75) is 18.9 Å². The van der Waals surface area contributed by atoms with E-state index in [1.165, 1.54) is 32.2 Å². The van der Waals surface area contributed by atoms with Crippen LogP contribution in [0.25, 0.3) is 0 Å². The number of alkyl halides is 2. The molecule has 1 fully saturated rings. The molecule has 0 amide bonds. The van der Waals surface area contributed by atoms with Crippen molar-refractivity contribution < 1.29 is 28.2 Å². The molecule has 1 aromatic rings. The first kappa shape index (κ1) is 21.6. The van der Waals surface area contributed by atoms with E-state index in [9.17, 15) is 13.6 Å². The number of piperazine rings is 1. The molecule has 9 heteroatoms. The van der Waals surface area contributed by atoms with Crippen molar-refractivity contribution in [3.63, 3.8) is 0 Å². The number of rotatable bonds is 6. The monoisotopic (exact) mass is 380 g/mol. The zero-order valence-corrected chi connectivity index (χ0v) is 14.9. The van der Waals surface area contributed by atoms with Crippen LogP contribution in [0.3, 0.4) is 0 Å². The van der Waals surface area contributed by atoms with Gasteiger partial charge >= 0.3 is 5.97 Å². The van der Waals surface area contributed by atoms with E-state index in [1.54, 1.807) is 4.90 Å². The minimum atomic E-state index is -3.31. The molecule has 1 saturated heterocycles. The third-order valence-corrected chi connectivity index (χ3v) is 3.88. The molecule has 0 aliphatic carbocycles. The molecule has 0 aromatic heterocycles. The molecule has 2 rings (SSSR count). The van der Waals surface area contributed by atoms with Crippen LogP contribution in [0.4, 0.5) is 8.78 Å². The molecule has 0 saturated carbocycles. The van der Waals surface area contributed by atoms with E-state index in [0.29, 0.717) is 31.7 Å². The molecule has 1 atom stereocenters. The van der Waals surface area contributed by atoms with Gasteiger partial charge in [0, 0.05) is 33.1 Å². The molecule has 1 aliphatic heterocycles. The maximum Gasteiger partial charge on any atom is 0.308 e. The lowest BCUT2D eigenvalue weighted by molar-refractivity contribution is -0.132. The first-order valence-electron chi connectivity index (χ1n) is 7.69. The predicted molar refractivity (Wildman–Crippen MR) is 90.8 cm³/mol. The number of nitrogens with zero attached hydrogens (tertiary/aromatic N) is 1. The molecule has 142 valence electrons. The molecule has 0 bridgehead atoms. The molecule has 1 heterocycles. The van der Waals surface area contributed by atoms with E-state index in [0.717, 1.165) is 0 Å². The Labute approximate surface area is 151 Å². The van der Waals surface area contributed by atoms with Gasteiger partial charge in [-0.3, -0.25) is 9.69 Å². The van der Waals surface area contributed by atoms with E-state index >= 15 is 0 Å². The minimum absolute atomic E-state index is 0. The van der Waals surface area contributed by atoms with Gasteiger partial charge in [0.25, 0.3) is 5.92 Å². The SMILES string of the molecule is COc1cc([C@@H](N2CCNCC2)C(F)(F)CO)ccc1OC(C)=O.Cl. The van der Waals surface area contributed by atoms with Crippen molar-refractivity contribution in [1.82, 2.24) is 10.2 Å². The van der Waals surface area contributed by atoms with Crippen molar-refractivity contribution >= 4 is 18.4 Å². The lowest BCUT2D eigenvalue weighted by atomic mass is 9.97. The van der Waals surface area contributed by atoms with Crippen LogP contribution in [-0.4, -0.2) is 61.8 Å². The highest BCUT2D eigenvalue weighted by atomic mass is 35.5. The molecule has 1 aromatic carbocycles. The Morgan fingerprint density at radius 2 is 2.00 bits per heavy atom. The molecule has 2 N–H and O–H groups in total. The molecule has 0 radical (unpaired) electrons. The number of aliphatic hydroxyl groups is 1. The first-order chi connectivity index (χ1) is 11.4. The quantitative estimate of drug-likeness (QED) is 0.577. The van der Waals surface area contributed by atoms with Crippen molar-refractivity contribution in [3.8, 4) is 11.5 Å². The van der Waals surface area contributed by atoms with Gasteiger partial charge in [-0.15, -0.1) is 12.4 Å². The van der Waals surface area contributed by atoms with E-state index in [-0.39, 0.29) is 23.9 Å². The second-order valence-electron chi connectivity index (χ2n) is 5.61. The number of ether oxygens (including phenoxy) is 2. The number of nitrogens with one attached hydrogen (secondary N) is 1. The summed E-state index contributed by atoms with van der Waals surface area (Å²) in [6, 6.07) is 3.04. The third-order valence-electron chi connectivity index (χ3n) is 3.88. The number of esters is 1. The molecule has 6 nitrogen and oxygen atoms in total. The number of hydrogen-bond acceptors (Lipinski definition) is 6. The summed E-state index contributed by atoms with van der Waals surface area (Å²) < 4.78 is 39.0. The van der Waals surface area contributed by atoms with Gasteiger partial charge in [0.1, 0.15) is 12.6 Å². The van der Waals surface area contributed by atoms with Gasteiger partial charge in [0.2, 0.25) is 0 Å². The van der Waals surface area contributed by atoms with E-state index in [2.05, 4.69) is 5.32 Å². The third kappa shape index (κ3) is 5.24. The van der Waals surface area contributed by atoms with Gasteiger partial charge < -0.3 is 19.9 Å². The second kappa shape index (κ2) is 9.28. The van der Waals surface area contributed by atoms with Crippen molar-refractivity contribution in [2.24, 2.45) is 0 Å². The molecule has 0 unspecified atom stereocenters. The molecule has 0 spiro atoms. The van der Waals surface area contributed by atoms with Gasteiger partial charge in [-0.2, -0.15) is 0 Å². The summed E-state index contributed by atoms with van der Waals surface area (Å²) in [6.07, 6.45) is 0. The predicted octanol–water partition coefficient (Wildman–Crippen LogP) is 1.62. The zero-order chi connectivity index (χ0) is 17.7. The fraction of sp³-hybridized carbons (Fsp3) is 0.562. The van der Waals surface area contributed by atoms with Crippen LogP contribution in [-0.2, 0) is 4.79 Å². The van der Waals surface area contributed by atoms with Gasteiger partial charge in [-0.1, -0.05) is 6.07 Å². The number of halogens is 3. The Hall–Kier alpha value is -1.48. The van der Waals surface area contributed by atoms with Crippen LogP contribution in [0.5, 0.6) is 11.5 Å². The van der Waals surface area contributed by atoms with Crippen LogP contribution in [0.1, 0.15) is 18.5 Å². The van der Waals surface area contributed by atoms with Gasteiger partial charge in [0.05, 0.1) is 7.11 Å². The number of aliphatic hydroxyl groups excluding tert-OH is 1. The molecular weight excluding hydrogens is 358 g/mol. The van der Waals surface area contributed by atoms with E-state index in [1.807, 2.05) is 0 Å². The Kier molecular flexibility index (Phi) is 8.01. The Morgan fingerprint density at radius 3 is 2.52 bits per heavy atom. The van der Waals surface area contributed by atoms with E-state index in [4.69, 9.17) is 14.6 Å². The molecule has 25 heavy (non-hydrogen) atoms. The summed E-state index contributed by atoms with van der Waals surface area (Å²) in [6.45, 7) is 2.07. The van der Waals surface area contributed by atoms with Gasteiger partial charge in [-0.25, -0.2) is 8.78 Å². The average molecular weight is 381 g/mol. The fourth-order valence-corrected chi connectivity index (χ4v) is 2.84. The summed E-state index contributed by atoms with van der Waals surface area (Å²) in [5.74, 6) is -3.48. The molecule has 1 aliphatic rings. The average Bonchev–Trinajstić information content (AvgIpc) is 2.56. The standard InChI is InChI=1S/C16H22F2N2O4.ClH/c1-11(22)24-13-4-3-12(9-14(13)23-2)15(16(17,18)10-21)20-7-5-19-6-8-20;/h3-4,9,15,19,21H,5-8,10H2,1-2H3;1H/t15-;/m1./s1. The summed E-state index contributed by atoms with van der Waals surface area (Å²) in [7, 11) is 1.37. The second-order valence-corrected chi connectivity index (χ2v) is 5.61. The highest BCUT2D eigenvalue weighted by Gasteiger charge is 2.44. The maximum atomic E-state index is 14.4. The number of methoxy groups -OCH3 is 1. The van der Waals surface area contributed by atoms with Gasteiger partial charge in [-0.05, 0) is 17.7 Å². The summed E-state index contributed by atoms with van der Waals surface area (Å²) in [4.78, 5) is 12.7. The molecular formula is C16H23ClF2N2O4. The fourth-order valence-electron chi connectivity index (χ4n) is 2.84. The maximum absolute atomic E-state index is 14.4. The normalized spacial score (nSPS) is 16.7. The van der Waals surface area contributed by atoms with Crippen LogP contribution in [0, 0.1) is 0 Å². The highest BCUT2D eigenvalue weighted by Crippen LogP contribution is 2.40. The Bertz CT molecular complexity index is 583. The van der Waals surface area contributed by atoms with Crippen LogP contribution in [0.15, 0.2) is 18.2 Å². The van der Waals surface area contributed by atoms with Crippen LogP contribution in [0.2, 0.25) is 0 Å². The topological polar surface area (TPSA) is 71.0 Å².